The van der Waals surface area contributed by atoms with Gasteiger partial charge in [-0.25, -0.2) is 0 Å². The van der Waals surface area contributed by atoms with Crippen LogP contribution < -0.4 is 5.32 Å². The van der Waals surface area contributed by atoms with Crippen molar-refractivity contribution < 1.29 is 22.5 Å². The standard InChI is InChI=1S/C6H13NO5S/c1-7-3-2-6(8)12-4-5-13(9,10)11/h7H,2-5H2,1H3,(H,9,10,11). The van der Waals surface area contributed by atoms with Gasteiger partial charge in [0.25, 0.3) is 10.1 Å². The van der Waals surface area contributed by atoms with Crippen LogP contribution in [0.1, 0.15) is 6.42 Å². The summed E-state index contributed by atoms with van der Waals surface area (Å²) < 4.78 is 33.1. The van der Waals surface area contributed by atoms with Crippen molar-refractivity contribution in [3.63, 3.8) is 0 Å². The Balaban J connectivity index is 3.49. The number of hydrogen-bond donors (Lipinski definition) is 2. The van der Waals surface area contributed by atoms with Crippen LogP contribution in [0.15, 0.2) is 0 Å². The van der Waals surface area contributed by atoms with Gasteiger partial charge in [0, 0.05) is 6.54 Å². The van der Waals surface area contributed by atoms with Crippen molar-refractivity contribution in [3.8, 4) is 0 Å². The summed E-state index contributed by atoms with van der Waals surface area (Å²) in [6, 6.07) is 0. The number of esters is 1. The van der Waals surface area contributed by atoms with E-state index in [-0.39, 0.29) is 13.0 Å². The first-order valence-corrected chi connectivity index (χ1v) is 5.32. The zero-order chi connectivity index (χ0) is 10.3. The predicted molar refractivity (Wildman–Crippen MR) is 45.9 cm³/mol. The van der Waals surface area contributed by atoms with Crippen molar-refractivity contribution in [3.05, 3.63) is 0 Å². The Morgan fingerprint density at radius 3 is 2.62 bits per heavy atom. The minimum absolute atomic E-state index is 0.183. The van der Waals surface area contributed by atoms with Gasteiger partial charge in [-0.1, -0.05) is 0 Å². The summed E-state index contributed by atoms with van der Waals surface area (Å²) in [5, 5.41) is 2.74. The zero-order valence-corrected chi connectivity index (χ0v) is 8.13. The first-order valence-electron chi connectivity index (χ1n) is 3.71. The van der Waals surface area contributed by atoms with Gasteiger partial charge >= 0.3 is 5.97 Å². The quantitative estimate of drug-likeness (QED) is 0.433. The third-order valence-electron chi connectivity index (χ3n) is 1.18. The molecule has 0 aliphatic rings. The van der Waals surface area contributed by atoms with Gasteiger partial charge in [0.15, 0.2) is 0 Å². The molecule has 0 amide bonds. The fourth-order valence-electron chi connectivity index (χ4n) is 0.560. The Morgan fingerprint density at radius 1 is 1.54 bits per heavy atom. The van der Waals surface area contributed by atoms with E-state index in [4.69, 9.17) is 4.55 Å². The molecule has 0 aliphatic heterocycles. The summed E-state index contributed by atoms with van der Waals surface area (Å²) >= 11 is 0. The van der Waals surface area contributed by atoms with Gasteiger partial charge in [-0.15, -0.1) is 0 Å². The van der Waals surface area contributed by atoms with E-state index in [0.29, 0.717) is 6.54 Å². The molecular weight excluding hydrogens is 198 g/mol. The molecule has 0 rings (SSSR count). The van der Waals surface area contributed by atoms with Crippen LogP contribution in [-0.4, -0.2) is 44.9 Å². The molecule has 0 aliphatic carbocycles. The minimum Gasteiger partial charge on any atom is -0.464 e. The SMILES string of the molecule is CNCCC(=O)OCCS(=O)(=O)O. The fraction of sp³-hybridized carbons (Fsp3) is 0.833. The number of rotatable bonds is 6. The molecule has 0 fully saturated rings. The van der Waals surface area contributed by atoms with Crippen LogP contribution in [0.2, 0.25) is 0 Å². The molecule has 0 heterocycles. The maximum absolute atomic E-state index is 10.7. The van der Waals surface area contributed by atoms with Crippen LogP contribution in [0.25, 0.3) is 0 Å². The largest absolute Gasteiger partial charge is 0.464 e. The van der Waals surface area contributed by atoms with Gasteiger partial charge in [0.2, 0.25) is 0 Å². The first-order chi connectivity index (χ1) is 5.95. The summed E-state index contributed by atoms with van der Waals surface area (Å²) in [4.78, 5) is 10.7. The monoisotopic (exact) mass is 211 g/mol. The molecule has 6 nitrogen and oxygen atoms in total. The van der Waals surface area contributed by atoms with E-state index < -0.39 is 21.8 Å². The summed E-state index contributed by atoms with van der Waals surface area (Å²) in [6.07, 6.45) is 0.183. The van der Waals surface area contributed by atoms with Gasteiger partial charge in [0.1, 0.15) is 12.4 Å². The lowest BCUT2D eigenvalue weighted by atomic mass is 10.4. The van der Waals surface area contributed by atoms with Crippen molar-refractivity contribution in [1.82, 2.24) is 5.32 Å². The van der Waals surface area contributed by atoms with Crippen molar-refractivity contribution in [2.45, 2.75) is 6.42 Å². The average molecular weight is 211 g/mol. The van der Waals surface area contributed by atoms with E-state index in [2.05, 4.69) is 10.1 Å². The Bertz CT molecular complexity index is 248. The average Bonchev–Trinajstić information content (AvgIpc) is 1.98. The Morgan fingerprint density at radius 2 is 2.15 bits per heavy atom. The molecule has 2 N–H and O–H groups in total. The van der Waals surface area contributed by atoms with Gasteiger partial charge < -0.3 is 10.1 Å². The maximum Gasteiger partial charge on any atom is 0.307 e. The molecule has 78 valence electrons. The second-order valence-electron chi connectivity index (χ2n) is 2.36. The third kappa shape index (κ3) is 9.25. The van der Waals surface area contributed by atoms with Gasteiger partial charge in [-0.05, 0) is 7.05 Å². The summed E-state index contributed by atoms with van der Waals surface area (Å²) in [7, 11) is -2.35. The topological polar surface area (TPSA) is 92.7 Å². The van der Waals surface area contributed by atoms with Crippen LogP contribution in [0.5, 0.6) is 0 Å². The van der Waals surface area contributed by atoms with E-state index in [9.17, 15) is 13.2 Å². The summed E-state index contributed by atoms with van der Waals surface area (Å²) in [5.41, 5.74) is 0. The van der Waals surface area contributed by atoms with Crippen molar-refractivity contribution in [1.29, 1.82) is 0 Å². The Labute approximate surface area is 77.0 Å². The molecule has 0 bridgehead atoms. The molecule has 0 spiro atoms. The predicted octanol–water partition coefficient (Wildman–Crippen LogP) is -0.973. The molecular formula is C6H13NO5S. The molecule has 0 saturated carbocycles. The highest BCUT2D eigenvalue weighted by Crippen LogP contribution is 1.87. The highest BCUT2D eigenvalue weighted by atomic mass is 32.2. The Hall–Kier alpha value is -0.660. The third-order valence-corrected chi connectivity index (χ3v) is 1.87. The normalized spacial score (nSPS) is 11.2. The molecule has 0 saturated heterocycles. The number of hydrogen-bond acceptors (Lipinski definition) is 5. The molecule has 0 aromatic carbocycles. The maximum atomic E-state index is 10.7. The van der Waals surface area contributed by atoms with Gasteiger partial charge in [-0.2, -0.15) is 8.42 Å². The highest BCUT2D eigenvalue weighted by Gasteiger charge is 2.07. The second-order valence-corrected chi connectivity index (χ2v) is 3.93. The van der Waals surface area contributed by atoms with Gasteiger partial charge in [-0.3, -0.25) is 9.35 Å². The van der Waals surface area contributed by atoms with E-state index in [1.54, 1.807) is 7.05 Å². The van der Waals surface area contributed by atoms with Crippen LogP contribution >= 0.6 is 0 Å². The summed E-state index contributed by atoms with van der Waals surface area (Å²) in [6.45, 7) is 0.173. The van der Waals surface area contributed by atoms with E-state index in [1.165, 1.54) is 0 Å². The fourth-order valence-corrected chi connectivity index (χ4v) is 0.854. The second kappa shape index (κ2) is 5.90. The molecule has 0 unspecified atom stereocenters. The molecule has 0 atom stereocenters. The van der Waals surface area contributed by atoms with Crippen molar-refractivity contribution in [2.24, 2.45) is 0 Å². The minimum atomic E-state index is -4.03. The van der Waals surface area contributed by atoms with Crippen LogP contribution in [0.3, 0.4) is 0 Å². The van der Waals surface area contributed by atoms with Crippen molar-refractivity contribution >= 4 is 16.1 Å². The molecule has 0 aromatic heterocycles. The summed E-state index contributed by atoms with van der Waals surface area (Å²) in [5.74, 6) is -1.05. The Kier molecular flexibility index (Phi) is 5.60. The molecule has 0 aromatic rings. The number of carbonyl (C=O) groups is 1. The lowest BCUT2D eigenvalue weighted by Crippen LogP contribution is -2.18. The lowest BCUT2D eigenvalue weighted by molar-refractivity contribution is -0.142. The van der Waals surface area contributed by atoms with Crippen LogP contribution in [-0.2, 0) is 19.6 Å². The van der Waals surface area contributed by atoms with Crippen LogP contribution in [0, 0.1) is 0 Å². The molecule has 7 heteroatoms. The van der Waals surface area contributed by atoms with E-state index in [0.717, 1.165) is 0 Å². The molecule has 13 heavy (non-hydrogen) atoms. The lowest BCUT2D eigenvalue weighted by Gasteiger charge is -2.02. The highest BCUT2D eigenvalue weighted by molar-refractivity contribution is 7.85. The zero-order valence-electron chi connectivity index (χ0n) is 7.32. The first kappa shape index (κ1) is 12.3. The smallest absolute Gasteiger partial charge is 0.307 e. The van der Waals surface area contributed by atoms with E-state index >= 15 is 0 Å². The number of nitrogens with one attached hydrogen (secondary N) is 1. The number of ether oxygens (including phenoxy) is 1. The van der Waals surface area contributed by atoms with Crippen LogP contribution in [0.4, 0.5) is 0 Å². The van der Waals surface area contributed by atoms with Gasteiger partial charge in [0.05, 0.1) is 6.42 Å². The molecule has 0 radical (unpaired) electrons. The van der Waals surface area contributed by atoms with E-state index in [1.807, 2.05) is 0 Å². The van der Waals surface area contributed by atoms with Crippen molar-refractivity contribution in [2.75, 3.05) is 26.0 Å². The number of carbonyl (C=O) groups excluding carboxylic acids is 1.